The molecule has 2 heterocycles. The largest absolute Gasteiger partial charge is 0.347 e. The first-order chi connectivity index (χ1) is 17.3. The molecule has 1 aromatic heterocycles. The minimum atomic E-state index is -0.547. The molecule has 0 radical (unpaired) electrons. The maximum Gasteiger partial charge on any atom is 0.254 e. The number of aromatic nitrogens is 1. The fourth-order valence-corrected chi connectivity index (χ4v) is 5.82. The molecule has 4 nitrogen and oxygen atoms in total. The second-order valence-corrected chi connectivity index (χ2v) is 10.1. The summed E-state index contributed by atoms with van der Waals surface area (Å²) in [7, 11) is 0. The van der Waals surface area contributed by atoms with Gasteiger partial charge in [0, 0.05) is 47.2 Å². The van der Waals surface area contributed by atoms with Crippen LogP contribution in [0, 0.1) is 27.7 Å². The van der Waals surface area contributed by atoms with Crippen molar-refractivity contribution in [2.45, 2.75) is 59.5 Å². The number of fused-ring (bicyclic) bond motifs is 1. The van der Waals surface area contributed by atoms with Gasteiger partial charge in [-0.15, -0.1) is 0 Å². The number of carbonyl (C=O) groups excluding carboxylic acids is 2. The molecule has 1 saturated heterocycles. The number of amides is 1. The summed E-state index contributed by atoms with van der Waals surface area (Å²) in [6.45, 7) is 11.6. The minimum absolute atomic E-state index is 0.0330. The molecule has 0 bridgehead atoms. The van der Waals surface area contributed by atoms with Gasteiger partial charge in [-0.2, -0.15) is 0 Å². The van der Waals surface area contributed by atoms with E-state index in [1.807, 2.05) is 69.0 Å². The fraction of sp³-hybridized carbons (Fsp3) is 0.312. The van der Waals surface area contributed by atoms with Crippen LogP contribution in [-0.4, -0.2) is 33.7 Å². The topological polar surface area (TPSA) is 42.3 Å². The van der Waals surface area contributed by atoms with Crippen molar-refractivity contribution in [2.24, 2.45) is 0 Å². The number of hydrogen-bond acceptors (Lipinski definition) is 2. The van der Waals surface area contributed by atoms with Crippen LogP contribution in [0.5, 0.6) is 0 Å². The summed E-state index contributed by atoms with van der Waals surface area (Å²) in [6.07, 6.45) is 2.96. The highest BCUT2D eigenvalue weighted by Gasteiger charge is 2.44. The van der Waals surface area contributed by atoms with Crippen molar-refractivity contribution in [1.29, 1.82) is 0 Å². The van der Waals surface area contributed by atoms with Crippen molar-refractivity contribution >= 4 is 22.6 Å². The summed E-state index contributed by atoms with van der Waals surface area (Å²) in [4.78, 5) is 30.1. The van der Waals surface area contributed by atoms with Gasteiger partial charge >= 0.3 is 0 Å². The first kappa shape index (κ1) is 24.1. The molecular formula is C32H34N2O2. The Hall–Kier alpha value is -3.66. The van der Waals surface area contributed by atoms with Crippen molar-refractivity contribution in [3.05, 3.63) is 106 Å². The number of hydrogen-bond donors (Lipinski definition) is 0. The van der Waals surface area contributed by atoms with Crippen LogP contribution in [0.3, 0.4) is 0 Å². The van der Waals surface area contributed by atoms with Gasteiger partial charge in [0.1, 0.15) is 6.04 Å². The molecule has 0 spiro atoms. The summed E-state index contributed by atoms with van der Waals surface area (Å²) in [6, 6.07) is 19.6. The van der Waals surface area contributed by atoms with Gasteiger partial charge in [-0.25, -0.2) is 0 Å². The van der Waals surface area contributed by atoms with E-state index < -0.39 is 6.04 Å². The molecule has 3 aromatic carbocycles. The Balaban J connectivity index is 1.65. The standard InChI is InChI=1S/C32H34N2O2/c1-6-33-19-28(26-13-7-8-16-29(26)33)27-17-18-34(32(36)25-15-10-12-21(3)23(25)5)30(27)31(35)24-14-9-11-20(2)22(24)4/h7-16,19,27,30H,6,17-18H2,1-5H3. The number of benzene rings is 3. The summed E-state index contributed by atoms with van der Waals surface area (Å²) in [5.74, 6) is -0.0866. The number of likely N-dealkylation sites (tertiary alicyclic amines) is 1. The maximum atomic E-state index is 14.3. The van der Waals surface area contributed by atoms with Gasteiger partial charge in [-0.3, -0.25) is 9.59 Å². The zero-order valence-electron chi connectivity index (χ0n) is 21.8. The molecule has 1 aliphatic rings. The van der Waals surface area contributed by atoms with E-state index in [1.165, 1.54) is 10.9 Å². The summed E-state index contributed by atoms with van der Waals surface area (Å²) in [5.41, 5.74) is 7.87. The number of aryl methyl sites for hydroxylation is 3. The molecule has 36 heavy (non-hydrogen) atoms. The van der Waals surface area contributed by atoms with Crippen LogP contribution in [0.4, 0.5) is 0 Å². The van der Waals surface area contributed by atoms with Gasteiger partial charge in [0.05, 0.1) is 0 Å². The second-order valence-electron chi connectivity index (χ2n) is 10.1. The van der Waals surface area contributed by atoms with Gasteiger partial charge < -0.3 is 9.47 Å². The van der Waals surface area contributed by atoms with E-state index in [-0.39, 0.29) is 17.6 Å². The molecule has 1 fully saturated rings. The molecule has 2 atom stereocenters. The van der Waals surface area contributed by atoms with Gasteiger partial charge in [-0.05, 0) is 81.0 Å². The van der Waals surface area contributed by atoms with Crippen molar-refractivity contribution in [3.8, 4) is 0 Å². The van der Waals surface area contributed by atoms with Crippen molar-refractivity contribution in [3.63, 3.8) is 0 Å². The average molecular weight is 479 g/mol. The van der Waals surface area contributed by atoms with Crippen molar-refractivity contribution < 1.29 is 9.59 Å². The van der Waals surface area contributed by atoms with Gasteiger partial charge in [-0.1, -0.05) is 48.5 Å². The maximum absolute atomic E-state index is 14.3. The Morgan fingerprint density at radius 3 is 2.17 bits per heavy atom. The predicted molar refractivity (Wildman–Crippen MR) is 146 cm³/mol. The molecule has 0 saturated carbocycles. The minimum Gasteiger partial charge on any atom is -0.347 e. The molecule has 1 amide bonds. The lowest BCUT2D eigenvalue weighted by atomic mass is 9.85. The summed E-state index contributed by atoms with van der Waals surface area (Å²) in [5, 5.41) is 1.17. The van der Waals surface area contributed by atoms with E-state index in [0.29, 0.717) is 17.7 Å². The monoisotopic (exact) mass is 478 g/mol. The molecule has 0 N–H and O–H groups in total. The molecule has 2 unspecified atom stereocenters. The molecule has 4 aromatic rings. The van der Waals surface area contributed by atoms with Crippen LogP contribution >= 0.6 is 0 Å². The lowest BCUT2D eigenvalue weighted by Crippen LogP contribution is -2.43. The molecule has 1 aliphatic heterocycles. The highest BCUT2D eigenvalue weighted by atomic mass is 16.2. The quantitative estimate of drug-likeness (QED) is 0.297. The van der Waals surface area contributed by atoms with Crippen LogP contribution < -0.4 is 0 Å². The fourth-order valence-electron chi connectivity index (χ4n) is 5.82. The lowest BCUT2D eigenvalue weighted by molar-refractivity contribution is 0.0661. The number of Topliss-reactive ketones (excluding diaryl/α,β-unsaturated/α-hetero) is 1. The third-order valence-electron chi connectivity index (χ3n) is 8.19. The zero-order chi connectivity index (χ0) is 25.6. The first-order valence-electron chi connectivity index (χ1n) is 12.9. The number of nitrogens with zero attached hydrogens (tertiary/aromatic N) is 2. The van der Waals surface area contributed by atoms with Crippen LogP contribution in [0.25, 0.3) is 10.9 Å². The van der Waals surface area contributed by atoms with Gasteiger partial charge in [0.25, 0.3) is 5.91 Å². The van der Waals surface area contributed by atoms with E-state index in [9.17, 15) is 9.59 Å². The number of para-hydroxylation sites is 1. The Bertz CT molecular complexity index is 1480. The van der Waals surface area contributed by atoms with Crippen molar-refractivity contribution in [2.75, 3.05) is 6.54 Å². The molecular weight excluding hydrogens is 444 g/mol. The average Bonchev–Trinajstić information content (AvgIpc) is 3.48. The van der Waals surface area contributed by atoms with E-state index >= 15 is 0 Å². The third kappa shape index (κ3) is 3.85. The number of carbonyl (C=O) groups is 2. The molecule has 0 aliphatic carbocycles. The highest BCUT2D eigenvalue weighted by molar-refractivity contribution is 6.07. The van der Waals surface area contributed by atoms with E-state index in [4.69, 9.17) is 0 Å². The third-order valence-corrected chi connectivity index (χ3v) is 8.19. The van der Waals surface area contributed by atoms with E-state index in [1.54, 1.807) is 0 Å². The Morgan fingerprint density at radius 1 is 0.833 bits per heavy atom. The van der Waals surface area contributed by atoms with E-state index in [2.05, 4.69) is 42.0 Å². The molecule has 184 valence electrons. The Kier molecular flexibility index (Phi) is 6.29. The second kappa shape index (κ2) is 9.42. The van der Waals surface area contributed by atoms with Crippen LogP contribution in [0.15, 0.2) is 66.9 Å². The van der Waals surface area contributed by atoms with Gasteiger partial charge in [0.15, 0.2) is 5.78 Å². The van der Waals surface area contributed by atoms with Crippen LogP contribution in [0.2, 0.25) is 0 Å². The summed E-state index contributed by atoms with van der Waals surface area (Å²) >= 11 is 0. The predicted octanol–water partition coefficient (Wildman–Crippen LogP) is 6.78. The first-order valence-corrected chi connectivity index (χ1v) is 12.9. The Morgan fingerprint density at radius 2 is 1.47 bits per heavy atom. The number of rotatable bonds is 5. The highest BCUT2D eigenvalue weighted by Crippen LogP contribution is 2.41. The molecule has 5 rings (SSSR count). The van der Waals surface area contributed by atoms with Crippen LogP contribution in [-0.2, 0) is 6.54 Å². The zero-order valence-corrected chi connectivity index (χ0v) is 21.8. The normalized spacial score (nSPS) is 17.6. The number of ketones is 1. The van der Waals surface area contributed by atoms with Crippen molar-refractivity contribution in [1.82, 2.24) is 9.47 Å². The molecule has 4 heteroatoms. The SMILES string of the molecule is CCn1cc(C2CCN(C(=O)c3cccc(C)c3C)C2C(=O)c2cccc(C)c2C)c2ccccc21. The summed E-state index contributed by atoms with van der Waals surface area (Å²) < 4.78 is 2.25. The smallest absolute Gasteiger partial charge is 0.254 e. The van der Waals surface area contributed by atoms with Gasteiger partial charge in [0.2, 0.25) is 0 Å². The van der Waals surface area contributed by atoms with Crippen LogP contribution in [0.1, 0.15) is 67.8 Å². The Labute approximate surface area is 213 Å². The van der Waals surface area contributed by atoms with E-state index in [0.717, 1.165) is 40.8 Å². The lowest BCUT2D eigenvalue weighted by Gasteiger charge is -2.29.